The second-order valence-electron chi connectivity index (χ2n) is 8.49. The van der Waals surface area contributed by atoms with Crippen molar-refractivity contribution in [2.45, 2.75) is 71.4 Å². The third-order valence-electron chi connectivity index (χ3n) is 5.70. The van der Waals surface area contributed by atoms with Crippen molar-refractivity contribution in [1.29, 1.82) is 0 Å². The Morgan fingerprint density at radius 1 is 0.848 bits per heavy atom. The maximum atomic E-state index is 13.3. The first-order valence-electron chi connectivity index (χ1n) is 12.2. The van der Waals surface area contributed by atoms with E-state index in [4.69, 9.17) is 9.15 Å². The number of hydrogen-bond donors (Lipinski definition) is 0. The number of benzene rings is 1. The van der Waals surface area contributed by atoms with Crippen molar-refractivity contribution >= 4 is 11.8 Å². The minimum atomic E-state index is -0.0797. The fourth-order valence-electron chi connectivity index (χ4n) is 3.80. The van der Waals surface area contributed by atoms with E-state index in [1.165, 1.54) is 19.3 Å². The molecule has 2 aromatic rings. The van der Waals surface area contributed by atoms with Crippen LogP contribution in [0, 0.1) is 0 Å². The normalized spacial score (nSPS) is 10.8. The number of furan rings is 1. The first kappa shape index (κ1) is 26.7. The number of amides is 2. The van der Waals surface area contributed by atoms with Gasteiger partial charge in [0.2, 0.25) is 11.8 Å². The van der Waals surface area contributed by atoms with Crippen LogP contribution in [0.5, 0.6) is 0 Å². The molecule has 6 nitrogen and oxygen atoms in total. The Balaban J connectivity index is 1.99. The largest absolute Gasteiger partial charge is 0.467 e. The Labute approximate surface area is 198 Å². The molecule has 0 aliphatic carbocycles. The van der Waals surface area contributed by atoms with E-state index in [1.807, 2.05) is 42.5 Å². The minimum absolute atomic E-state index is 0.0487. The van der Waals surface area contributed by atoms with Gasteiger partial charge in [-0.15, -0.1) is 0 Å². The first-order valence-corrected chi connectivity index (χ1v) is 12.2. The predicted octanol–water partition coefficient (Wildman–Crippen LogP) is 5.42. The summed E-state index contributed by atoms with van der Waals surface area (Å²) in [5, 5.41) is 0. The lowest BCUT2D eigenvalue weighted by Gasteiger charge is -2.27. The lowest BCUT2D eigenvalue weighted by Crippen LogP contribution is -2.43. The van der Waals surface area contributed by atoms with Crippen LogP contribution in [0.1, 0.15) is 69.6 Å². The van der Waals surface area contributed by atoms with Crippen molar-refractivity contribution in [3.05, 3.63) is 60.1 Å². The topological polar surface area (TPSA) is 63.0 Å². The van der Waals surface area contributed by atoms with Crippen LogP contribution in [0.4, 0.5) is 0 Å². The zero-order chi connectivity index (χ0) is 23.7. The zero-order valence-corrected chi connectivity index (χ0v) is 20.3. The van der Waals surface area contributed by atoms with E-state index in [-0.39, 0.29) is 18.4 Å². The maximum Gasteiger partial charge on any atom is 0.242 e. The number of rotatable bonds is 17. The van der Waals surface area contributed by atoms with Gasteiger partial charge >= 0.3 is 0 Å². The molecule has 2 amide bonds. The van der Waals surface area contributed by atoms with Crippen LogP contribution in [0.3, 0.4) is 0 Å². The predicted molar refractivity (Wildman–Crippen MR) is 130 cm³/mol. The van der Waals surface area contributed by atoms with E-state index in [0.717, 1.165) is 30.6 Å². The number of nitrogens with zero attached hydrogens (tertiary/aromatic N) is 2. The van der Waals surface area contributed by atoms with Gasteiger partial charge in [-0.25, -0.2) is 0 Å². The summed E-state index contributed by atoms with van der Waals surface area (Å²) >= 11 is 0. The quantitative estimate of drug-likeness (QED) is 0.298. The molecule has 0 saturated heterocycles. The van der Waals surface area contributed by atoms with Crippen molar-refractivity contribution in [2.24, 2.45) is 0 Å². The fraction of sp³-hybridized carbons (Fsp3) is 0.556. The van der Waals surface area contributed by atoms with Gasteiger partial charge in [0.15, 0.2) is 0 Å². The third kappa shape index (κ3) is 10.7. The Morgan fingerprint density at radius 3 is 2.30 bits per heavy atom. The number of unbranched alkanes of at least 4 members (excludes halogenated alkanes) is 5. The number of hydrogen-bond acceptors (Lipinski definition) is 4. The number of carbonyl (C=O) groups is 2. The van der Waals surface area contributed by atoms with Crippen molar-refractivity contribution in [2.75, 3.05) is 26.8 Å². The van der Waals surface area contributed by atoms with Crippen LogP contribution in [0.2, 0.25) is 0 Å². The summed E-state index contributed by atoms with van der Waals surface area (Å²) in [6.45, 7) is 4.21. The van der Waals surface area contributed by atoms with E-state index >= 15 is 0 Å². The van der Waals surface area contributed by atoms with E-state index in [1.54, 1.807) is 23.2 Å². The molecular formula is C27H40N2O4. The molecule has 0 aliphatic rings. The van der Waals surface area contributed by atoms with Crippen LogP contribution in [-0.4, -0.2) is 48.4 Å². The molecule has 0 aliphatic heterocycles. The van der Waals surface area contributed by atoms with Gasteiger partial charge in [-0.1, -0.05) is 69.4 Å². The molecule has 1 aromatic heterocycles. The van der Waals surface area contributed by atoms with Crippen LogP contribution >= 0.6 is 0 Å². The summed E-state index contributed by atoms with van der Waals surface area (Å²) in [7, 11) is 1.65. The molecule has 0 bridgehead atoms. The van der Waals surface area contributed by atoms with Crippen molar-refractivity contribution in [3.8, 4) is 0 Å². The summed E-state index contributed by atoms with van der Waals surface area (Å²) in [5.74, 6) is 0.695. The Bertz CT molecular complexity index is 777. The molecule has 0 fully saturated rings. The lowest BCUT2D eigenvalue weighted by molar-refractivity contribution is -0.141. The molecule has 33 heavy (non-hydrogen) atoms. The van der Waals surface area contributed by atoms with Crippen LogP contribution < -0.4 is 0 Å². The van der Waals surface area contributed by atoms with Gasteiger partial charge in [0, 0.05) is 33.2 Å². The molecular weight excluding hydrogens is 416 g/mol. The van der Waals surface area contributed by atoms with Gasteiger partial charge in [0.25, 0.3) is 0 Å². The molecule has 0 spiro atoms. The monoisotopic (exact) mass is 456 g/mol. The number of methoxy groups -OCH3 is 1. The Hall–Kier alpha value is -2.60. The molecule has 0 radical (unpaired) electrons. The molecule has 0 unspecified atom stereocenters. The molecule has 2 rings (SSSR count). The van der Waals surface area contributed by atoms with Crippen LogP contribution in [0.15, 0.2) is 53.1 Å². The average molecular weight is 457 g/mol. The summed E-state index contributed by atoms with van der Waals surface area (Å²) in [6, 6.07) is 13.6. The van der Waals surface area contributed by atoms with Gasteiger partial charge in [0.1, 0.15) is 5.76 Å². The number of carbonyl (C=O) groups excluding carboxylic acids is 2. The molecule has 1 aromatic carbocycles. The smallest absolute Gasteiger partial charge is 0.242 e. The summed E-state index contributed by atoms with van der Waals surface area (Å²) in [5.41, 5.74) is 1.04. The molecule has 6 heteroatoms. The van der Waals surface area contributed by atoms with E-state index < -0.39 is 0 Å². The van der Waals surface area contributed by atoms with Gasteiger partial charge in [0.05, 0.1) is 19.4 Å². The van der Waals surface area contributed by atoms with Gasteiger partial charge < -0.3 is 19.0 Å². The highest BCUT2D eigenvalue weighted by molar-refractivity contribution is 5.84. The Morgan fingerprint density at radius 2 is 1.61 bits per heavy atom. The second kappa shape index (κ2) is 16.1. The van der Waals surface area contributed by atoms with Crippen molar-refractivity contribution in [1.82, 2.24) is 9.80 Å². The number of ether oxygens (including phenoxy) is 1. The highest BCUT2D eigenvalue weighted by Gasteiger charge is 2.22. The van der Waals surface area contributed by atoms with Gasteiger partial charge in [-0.3, -0.25) is 9.59 Å². The van der Waals surface area contributed by atoms with Crippen LogP contribution in [0.25, 0.3) is 0 Å². The van der Waals surface area contributed by atoms with Crippen molar-refractivity contribution < 1.29 is 18.7 Å². The second-order valence-corrected chi connectivity index (χ2v) is 8.49. The Kier molecular flexibility index (Phi) is 13.0. The standard InChI is InChI=1S/C27H40N2O4/c1-3-4-5-6-7-11-17-26(30)28(18-13-19-32-2)23-27(31)29(22-25-16-12-20-33-25)21-24-14-9-8-10-15-24/h8-10,12,14-16,20H,3-7,11,13,17-19,21-23H2,1-2H3. The molecule has 0 N–H and O–H groups in total. The van der Waals surface area contributed by atoms with Gasteiger partial charge in [-0.2, -0.15) is 0 Å². The highest BCUT2D eigenvalue weighted by Crippen LogP contribution is 2.13. The van der Waals surface area contributed by atoms with Crippen LogP contribution in [-0.2, 0) is 27.4 Å². The fourth-order valence-corrected chi connectivity index (χ4v) is 3.80. The summed E-state index contributed by atoms with van der Waals surface area (Å²) in [6.07, 6.45) is 9.60. The van der Waals surface area contributed by atoms with Gasteiger partial charge in [-0.05, 0) is 30.5 Å². The van der Waals surface area contributed by atoms with E-state index in [9.17, 15) is 9.59 Å². The third-order valence-corrected chi connectivity index (χ3v) is 5.70. The summed E-state index contributed by atoms with van der Waals surface area (Å²) in [4.78, 5) is 29.7. The zero-order valence-electron chi connectivity index (χ0n) is 20.3. The molecule has 0 atom stereocenters. The molecule has 1 heterocycles. The van der Waals surface area contributed by atoms with Crippen molar-refractivity contribution in [3.63, 3.8) is 0 Å². The van der Waals surface area contributed by atoms with E-state index in [0.29, 0.717) is 39.1 Å². The highest BCUT2D eigenvalue weighted by atomic mass is 16.5. The average Bonchev–Trinajstić information content (AvgIpc) is 3.34. The molecule has 0 saturated carbocycles. The summed E-state index contributed by atoms with van der Waals surface area (Å²) < 4.78 is 10.7. The lowest BCUT2D eigenvalue weighted by atomic mass is 10.1. The minimum Gasteiger partial charge on any atom is -0.467 e. The molecule has 182 valence electrons. The SMILES string of the molecule is CCCCCCCCC(=O)N(CCCOC)CC(=O)N(Cc1ccccc1)Cc1ccco1. The maximum absolute atomic E-state index is 13.3. The van der Waals surface area contributed by atoms with E-state index in [2.05, 4.69) is 6.92 Å². The first-order chi connectivity index (χ1) is 16.1.